The van der Waals surface area contributed by atoms with E-state index < -0.39 is 5.97 Å². The molecule has 0 aliphatic carbocycles. The number of hydrogen-bond donors (Lipinski definition) is 2. The summed E-state index contributed by atoms with van der Waals surface area (Å²) in [6.07, 6.45) is 2.43. The van der Waals surface area contributed by atoms with Gasteiger partial charge in [0, 0.05) is 25.7 Å². The van der Waals surface area contributed by atoms with Crippen molar-refractivity contribution < 1.29 is 14.7 Å². The van der Waals surface area contributed by atoms with Crippen molar-refractivity contribution in [2.75, 3.05) is 13.1 Å². The average Bonchev–Trinajstić information content (AvgIpc) is 2.85. The van der Waals surface area contributed by atoms with Crippen LogP contribution < -0.4 is 5.32 Å². The summed E-state index contributed by atoms with van der Waals surface area (Å²) >= 11 is 0. The topological polar surface area (TPSA) is 95.4 Å². The molecular formula is C12H16N4O3. The molecule has 1 atom stereocenters. The molecule has 0 saturated carbocycles. The molecule has 0 aromatic carbocycles. The van der Waals surface area contributed by atoms with Crippen molar-refractivity contribution >= 4 is 12.0 Å². The van der Waals surface area contributed by atoms with Gasteiger partial charge in [-0.2, -0.15) is 10.2 Å². The Morgan fingerprint density at radius 1 is 1.53 bits per heavy atom. The fourth-order valence-electron chi connectivity index (χ4n) is 2.14. The van der Waals surface area contributed by atoms with Gasteiger partial charge in [0.1, 0.15) is 0 Å². The lowest BCUT2D eigenvalue weighted by Gasteiger charge is -2.16. The molecule has 1 fully saturated rings. The molecule has 1 aliphatic rings. The number of likely N-dealkylation sites (tertiary alicyclic amines) is 1. The van der Waals surface area contributed by atoms with Crippen LogP contribution in [0.2, 0.25) is 0 Å². The number of carbonyl (C=O) groups excluding carboxylic acids is 1. The zero-order valence-corrected chi connectivity index (χ0v) is 10.5. The lowest BCUT2D eigenvalue weighted by molar-refractivity contribution is -0.138. The van der Waals surface area contributed by atoms with Crippen LogP contribution in [0.3, 0.4) is 0 Å². The van der Waals surface area contributed by atoms with Crippen LogP contribution in [0.4, 0.5) is 4.79 Å². The van der Waals surface area contributed by atoms with Crippen molar-refractivity contribution in [3.8, 4) is 0 Å². The maximum atomic E-state index is 11.9. The quantitative estimate of drug-likeness (QED) is 0.824. The van der Waals surface area contributed by atoms with Gasteiger partial charge in [0.25, 0.3) is 0 Å². The third kappa shape index (κ3) is 3.90. The first-order valence-electron chi connectivity index (χ1n) is 6.16. The number of carboxylic acids is 1. The summed E-state index contributed by atoms with van der Waals surface area (Å²) in [6, 6.07) is 3.36. The van der Waals surface area contributed by atoms with E-state index in [1.807, 2.05) is 0 Å². The molecule has 19 heavy (non-hydrogen) atoms. The van der Waals surface area contributed by atoms with Crippen LogP contribution in [0.25, 0.3) is 0 Å². The highest BCUT2D eigenvalue weighted by Gasteiger charge is 2.27. The smallest absolute Gasteiger partial charge is 0.317 e. The van der Waals surface area contributed by atoms with E-state index in [1.165, 1.54) is 0 Å². The zero-order chi connectivity index (χ0) is 13.7. The Morgan fingerprint density at radius 3 is 3.05 bits per heavy atom. The third-order valence-electron chi connectivity index (χ3n) is 3.08. The predicted octanol–water partition coefficient (Wildman–Crippen LogP) is 0.483. The van der Waals surface area contributed by atoms with Gasteiger partial charge in [-0.15, -0.1) is 0 Å². The first kappa shape index (κ1) is 13.3. The molecule has 2 rings (SSSR count). The van der Waals surface area contributed by atoms with Gasteiger partial charge in [-0.3, -0.25) is 4.79 Å². The number of carboxylic acid groups (broad SMARTS) is 1. The number of rotatable bonds is 4. The number of nitrogens with one attached hydrogen (secondary N) is 1. The Morgan fingerprint density at radius 2 is 2.37 bits per heavy atom. The highest BCUT2D eigenvalue weighted by atomic mass is 16.4. The molecule has 1 aromatic rings. The maximum absolute atomic E-state index is 11.9. The Bertz CT molecular complexity index is 452. The minimum Gasteiger partial charge on any atom is -0.481 e. The van der Waals surface area contributed by atoms with E-state index in [1.54, 1.807) is 23.2 Å². The average molecular weight is 264 g/mol. The minimum atomic E-state index is -0.813. The summed E-state index contributed by atoms with van der Waals surface area (Å²) < 4.78 is 0. The summed E-state index contributed by atoms with van der Waals surface area (Å²) in [5.74, 6) is -0.758. The van der Waals surface area contributed by atoms with Crippen molar-refractivity contribution in [1.82, 2.24) is 20.4 Å². The predicted molar refractivity (Wildman–Crippen MR) is 66.2 cm³/mol. The zero-order valence-electron chi connectivity index (χ0n) is 10.5. The van der Waals surface area contributed by atoms with E-state index >= 15 is 0 Å². The van der Waals surface area contributed by atoms with E-state index in [2.05, 4.69) is 15.5 Å². The van der Waals surface area contributed by atoms with Crippen molar-refractivity contribution in [3.63, 3.8) is 0 Å². The van der Waals surface area contributed by atoms with E-state index in [0.29, 0.717) is 25.3 Å². The van der Waals surface area contributed by atoms with Crippen molar-refractivity contribution in [2.24, 2.45) is 5.92 Å². The van der Waals surface area contributed by atoms with Crippen LogP contribution in [0.1, 0.15) is 18.5 Å². The van der Waals surface area contributed by atoms with Crippen LogP contribution in [0.15, 0.2) is 18.3 Å². The van der Waals surface area contributed by atoms with Gasteiger partial charge in [0.2, 0.25) is 0 Å². The first-order valence-corrected chi connectivity index (χ1v) is 6.16. The van der Waals surface area contributed by atoms with Gasteiger partial charge in [-0.25, -0.2) is 4.79 Å². The number of carbonyl (C=O) groups is 2. The summed E-state index contributed by atoms with van der Waals surface area (Å²) in [4.78, 5) is 24.1. The molecule has 102 valence electrons. The molecule has 7 heteroatoms. The Labute approximate surface area is 110 Å². The monoisotopic (exact) mass is 264 g/mol. The molecule has 1 aromatic heterocycles. The number of nitrogens with zero attached hydrogens (tertiary/aromatic N) is 3. The molecular weight excluding hydrogens is 248 g/mol. The van der Waals surface area contributed by atoms with Crippen LogP contribution in [0, 0.1) is 5.92 Å². The third-order valence-corrected chi connectivity index (χ3v) is 3.08. The fourth-order valence-corrected chi connectivity index (χ4v) is 2.14. The fraction of sp³-hybridized carbons (Fsp3) is 0.500. The molecule has 1 aliphatic heterocycles. The number of aliphatic carboxylic acids is 1. The lowest BCUT2D eigenvalue weighted by atomic mass is 10.1. The van der Waals surface area contributed by atoms with Crippen LogP contribution in [0.5, 0.6) is 0 Å². The first-order chi connectivity index (χ1) is 9.15. The van der Waals surface area contributed by atoms with Gasteiger partial charge in [0.05, 0.1) is 12.2 Å². The molecule has 2 heterocycles. The van der Waals surface area contributed by atoms with Crippen molar-refractivity contribution in [3.05, 3.63) is 24.0 Å². The molecule has 2 N–H and O–H groups in total. The highest BCUT2D eigenvalue weighted by molar-refractivity contribution is 5.74. The van der Waals surface area contributed by atoms with E-state index in [4.69, 9.17) is 5.11 Å². The largest absolute Gasteiger partial charge is 0.481 e. The van der Waals surface area contributed by atoms with Gasteiger partial charge >= 0.3 is 12.0 Å². The van der Waals surface area contributed by atoms with E-state index in [-0.39, 0.29) is 18.4 Å². The SMILES string of the molecule is O=C(O)CC1CCN(C(=O)NCc2cccnn2)C1. The maximum Gasteiger partial charge on any atom is 0.317 e. The molecule has 1 saturated heterocycles. The molecule has 0 bridgehead atoms. The Balaban J connectivity index is 1.77. The van der Waals surface area contributed by atoms with Crippen molar-refractivity contribution in [2.45, 2.75) is 19.4 Å². The van der Waals surface area contributed by atoms with Crippen LogP contribution in [-0.2, 0) is 11.3 Å². The van der Waals surface area contributed by atoms with Crippen LogP contribution >= 0.6 is 0 Å². The number of hydrogen-bond acceptors (Lipinski definition) is 4. The van der Waals surface area contributed by atoms with Crippen molar-refractivity contribution in [1.29, 1.82) is 0 Å². The molecule has 0 spiro atoms. The normalized spacial score (nSPS) is 18.3. The lowest BCUT2D eigenvalue weighted by Crippen LogP contribution is -2.38. The van der Waals surface area contributed by atoms with Gasteiger partial charge in [-0.1, -0.05) is 0 Å². The molecule has 0 radical (unpaired) electrons. The molecule has 1 unspecified atom stereocenters. The molecule has 7 nitrogen and oxygen atoms in total. The minimum absolute atomic E-state index is 0.0553. The standard InChI is InChI=1S/C12H16N4O3/c17-11(18)6-9-3-5-16(8-9)12(19)13-7-10-2-1-4-14-15-10/h1-2,4,9H,3,5-8H2,(H,13,19)(H,17,18). The second kappa shape index (κ2) is 6.12. The van der Waals surface area contributed by atoms with Gasteiger partial charge in [-0.05, 0) is 24.5 Å². The Hall–Kier alpha value is -2.18. The van der Waals surface area contributed by atoms with E-state index in [9.17, 15) is 9.59 Å². The summed E-state index contributed by atoms with van der Waals surface area (Å²) in [5, 5.41) is 19.1. The second-order valence-electron chi connectivity index (χ2n) is 4.57. The number of amides is 2. The summed E-state index contributed by atoms with van der Waals surface area (Å²) in [6.45, 7) is 1.43. The van der Waals surface area contributed by atoms with Crippen LogP contribution in [-0.4, -0.2) is 45.3 Å². The highest BCUT2D eigenvalue weighted by Crippen LogP contribution is 2.19. The summed E-state index contributed by atoms with van der Waals surface area (Å²) in [5.41, 5.74) is 0.692. The van der Waals surface area contributed by atoms with Gasteiger partial charge < -0.3 is 15.3 Å². The second-order valence-corrected chi connectivity index (χ2v) is 4.57. The number of urea groups is 1. The molecule has 2 amide bonds. The van der Waals surface area contributed by atoms with Gasteiger partial charge in [0.15, 0.2) is 0 Å². The number of aromatic nitrogens is 2. The summed E-state index contributed by atoms with van der Waals surface area (Å²) in [7, 11) is 0. The van der Waals surface area contributed by atoms with E-state index in [0.717, 1.165) is 6.42 Å². The Kier molecular flexibility index (Phi) is 4.27.